The summed E-state index contributed by atoms with van der Waals surface area (Å²) in [5.74, 6) is 0.760. The topological polar surface area (TPSA) is 113 Å². The first-order valence-electron chi connectivity index (χ1n) is 13.4. The van der Waals surface area contributed by atoms with Crippen molar-refractivity contribution in [2.75, 3.05) is 32.2 Å². The summed E-state index contributed by atoms with van der Waals surface area (Å²) in [6.07, 6.45) is 3.44. The molecule has 2 amide bonds. The minimum atomic E-state index is -0.747. The Morgan fingerprint density at radius 2 is 2.00 bits per heavy atom. The third-order valence-corrected chi connectivity index (χ3v) is 7.82. The van der Waals surface area contributed by atoms with Gasteiger partial charge in [-0.1, -0.05) is 35.9 Å². The van der Waals surface area contributed by atoms with E-state index < -0.39 is 12.1 Å². The van der Waals surface area contributed by atoms with E-state index in [1.54, 1.807) is 38.4 Å². The molecule has 1 aromatic heterocycles. The summed E-state index contributed by atoms with van der Waals surface area (Å²) in [6.45, 7) is 3.15. The van der Waals surface area contributed by atoms with Gasteiger partial charge < -0.3 is 30.1 Å². The SMILES string of the molecule is COc1cccc([C@@H](CO)NC(=O)[C@@H](C)N2Cc3ccc(-c4cc(NC5CCOCC5)ncc4Cl)cc3C2=O)c1. The number of halogens is 1. The van der Waals surface area contributed by atoms with Crippen LogP contribution in [0.4, 0.5) is 5.82 Å². The second-order valence-electron chi connectivity index (χ2n) is 10.1. The van der Waals surface area contributed by atoms with Crippen molar-refractivity contribution in [1.82, 2.24) is 15.2 Å². The van der Waals surface area contributed by atoms with Crippen LogP contribution < -0.4 is 15.4 Å². The number of rotatable bonds is 9. The molecule has 2 aliphatic rings. The van der Waals surface area contributed by atoms with Gasteiger partial charge in [-0.25, -0.2) is 4.98 Å². The molecular weight excluding hydrogens is 532 g/mol. The molecule has 5 rings (SSSR count). The Kier molecular flexibility index (Phi) is 8.54. The number of hydrogen-bond donors (Lipinski definition) is 3. The molecule has 0 aliphatic carbocycles. The van der Waals surface area contributed by atoms with E-state index in [9.17, 15) is 14.7 Å². The minimum Gasteiger partial charge on any atom is -0.497 e. The molecule has 2 aliphatic heterocycles. The summed E-state index contributed by atoms with van der Waals surface area (Å²) in [7, 11) is 1.56. The van der Waals surface area contributed by atoms with Gasteiger partial charge in [-0.15, -0.1) is 0 Å². The van der Waals surface area contributed by atoms with Gasteiger partial charge in [0.2, 0.25) is 5.91 Å². The molecule has 3 N–H and O–H groups in total. The highest BCUT2D eigenvalue weighted by atomic mass is 35.5. The second kappa shape index (κ2) is 12.2. The van der Waals surface area contributed by atoms with Gasteiger partial charge >= 0.3 is 0 Å². The van der Waals surface area contributed by atoms with Crippen LogP contribution in [0.15, 0.2) is 54.7 Å². The monoisotopic (exact) mass is 564 g/mol. The van der Waals surface area contributed by atoms with E-state index in [-0.39, 0.29) is 24.5 Å². The van der Waals surface area contributed by atoms with Crippen molar-refractivity contribution in [3.63, 3.8) is 0 Å². The number of ether oxygens (including phenoxy) is 2. The van der Waals surface area contributed by atoms with Crippen LogP contribution in [0.1, 0.15) is 47.3 Å². The summed E-state index contributed by atoms with van der Waals surface area (Å²) < 4.78 is 10.7. The zero-order chi connectivity index (χ0) is 28.2. The summed E-state index contributed by atoms with van der Waals surface area (Å²) in [4.78, 5) is 32.6. The quantitative estimate of drug-likeness (QED) is 0.357. The van der Waals surface area contributed by atoms with Gasteiger partial charge in [-0.2, -0.15) is 0 Å². The molecule has 3 heterocycles. The smallest absolute Gasteiger partial charge is 0.255 e. The number of nitrogens with one attached hydrogen (secondary N) is 2. The van der Waals surface area contributed by atoms with E-state index in [0.29, 0.717) is 28.4 Å². The van der Waals surface area contributed by atoms with Crippen molar-refractivity contribution in [1.29, 1.82) is 0 Å². The van der Waals surface area contributed by atoms with Crippen molar-refractivity contribution < 1.29 is 24.2 Å². The Morgan fingerprint density at radius 3 is 2.75 bits per heavy atom. The van der Waals surface area contributed by atoms with Gasteiger partial charge in [-0.3, -0.25) is 9.59 Å². The number of carbonyl (C=O) groups excluding carboxylic acids is 2. The number of carbonyl (C=O) groups is 2. The molecule has 0 spiro atoms. The molecule has 2 atom stereocenters. The fraction of sp³-hybridized carbons (Fsp3) is 0.367. The molecule has 10 heteroatoms. The molecular formula is C30H33ClN4O5. The maximum Gasteiger partial charge on any atom is 0.255 e. The lowest BCUT2D eigenvalue weighted by Gasteiger charge is -2.26. The third-order valence-electron chi connectivity index (χ3n) is 7.52. The highest BCUT2D eigenvalue weighted by Crippen LogP contribution is 2.34. The number of nitrogens with zero attached hydrogens (tertiary/aromatic N) is 2. The molecule has 1 saturated heterocycles. The summed E-state index contributed by atoms with van der Waals surface area (Å²) in [5.41, 5.74) is 3.66. The zero-order valence-corrected chi connectivity index (χ0v) is 23.3. The Balaban J connectivity index is 1.30. The predicted molar refractivity (Wildman–Crippen MR) is 152 cm³/mol. The van der Waals surface area contributed by atoms with E-state index in [2.05, 4.69) is 15.6 Å². The molecule has 0 unspecified atom stereocenters. The average molecular weight is 565 g/mol. The number of anilines is 1. The van der Waals surface area contributed by atoms with Gasteiger partial charge in [0.15, 0.2) is 0 Å². The minimum absolute atomic E-state index is 0.229. The van der Waals surface area contributed by atoms with Gasteiger partial charge in [-0.05, 0) is 60.7 Å². The van der Waals surface area contributed by atoms with E-state index in [0.717, 1.165) is 48.6 Å². The largest absolute Gasteiger partial charge is 0.497 e. The Labute approximate surface area is 238 Å². The fourth-order valence-electron chi connectivity index (χ4n) is 5.12. The molecule has 0 saturated carbocycles. The lowest BCUT2D eigenvalue weighted by molar-refractivity contribution is -0.126. The number of hydrogen-bond acceptors (Lipinski definition) is 7. The molecule has 0 radical (unpaired) electrons. The maximum absolute atomic E-state index is 13.5. The summed E-state index contributed by atoms with van der Waals surface area (Å²) >= 11 is 6.53. The number of amides is 2. The first-order chi connectivity index (χ1) is 19.4. The highest BCUT2D eigenvalue weighted by molar-refractivity contribution is 6.33. The Bertz CT molecular complexity index is 1390. The fourth-order valence-corrected chi connectivity index (χ4v) is 5.33. The van der Waals surface area contributed by atoms with Crippen LogP contribution in [0.5, 0.6) is 5.75 Å². The van der Waals surface area contributed by atoms with Gasteiger partial charge in [0.05, 0.1) is 24.8 Å². The van der Waals surface area contributed by atoms with Crippen LogP contribution in [0.25, 0.3) is 11.1 Å². The van der Waals surface area contributed by atoms with Crippen LogP contribution in [0.2, 0.25) is 5.02 Å². The lowest BCUT2D eigenvalue weighted by Crippen LogP contribution is -2.46. The van der Waals surface area contributed by atoms with E-state index in [1.807, 2.05) is 30.3 Å². The molecule has 2 aromatic carbocycles. The second-order valence-corrected chi connectivity index (χ2v) is 10.5. The summed E-state index contributed by atoms with van der Waals surface area (Å²) in [6, 6.07) is 13.6. The average Bonchev–Trinajstić information content (AvgIpc) is 3.32. The molecule has 210 valence electrons. The molecule has 3 aromatic rings. The number of aliphatic hydroxyl groups is 1. The van der Waals surface area contributed by atoms with Crippen molar-refractivity contribution in [2.45, 2.75) is 44.4 Å². The molecule has 40 heavy (non-hydrogen) atoms. The van der Waals surface area contributed by atoms with E-state index in [1.165, 1.54) is 4.90 Å². The molecule has 0 bridgehead atoms. The third kappa shape index (κ3) is 5.91. The van der Waals surface area contributed by atoms with Gasteiger partial charge in [0.25, 0.3) is 5.91 Å². The van der Waals surface area contributed by atoms with E-state index in [4.69, 9.17) is 21.1 Å². The number of pyridine rings is 1. The van der Waals surface area contributed by atoms with Crippen molar-refractivity contribution in [3.05, 3.63) is 76.4 Å². The summed E-state index contributed by atoms with van der Waals surface area (Å²) in [5, 5.41) is 16.8. The van der Waals surface area contributed by atoms with Crippen LogP contribution in [0.3, 0.4) is 0 Å². The van der Waals surface area contributed by atoms with Gasteiger partial charge in [0, 0.05) is 43.1 Å². The van der Waals surface area contributed by atoms with Crippen LogP contribution in [-0.4, -0.2) is 65.8 Å². The van der Waals surface area contributed by atoms with Crippen LogP contribution in [0, 0.1) is 0 Å². The van der Waals surface area contributed by atoms with Crippen LogP contribution in [-0.2, 0) is 16.1 Å². The molecule has 9 nitrogen and oxygen atoms in total. The lowest BCUT2D eigenvalue weighted by atomic mass is 10.0. The number of fused-ring (bicyclic) bond motifs is 1. The molecule has 1 fully saturated rings. The van der Waals surface area contributed by atoms with Crippen molar-refractivity contribution >= 4 is 29.2 Å². The zero-order valence-electron chi connectivity index (χ0n) is 22.5. The van der Waals surface area contributed by atoms with Crippen LogP contribution >= 0.6 is 11.6 Å². The Morgan fingerprint density at radius 1 is 1.20 bits per heavy atom. The number of benzene rings is 2. The van der Waals surface area contributed by atoms with E-state index >= 15 is 0 Å². The first kappa shape index (κ1) is 27.9. The highest BCUT2D eigenvalue weighted by Gasteiger charge is 2.35. The predicted octanol–water partition coefficient (Wildman–Crippen LogP) is 4.20. The Hall–Kier alpha value is -3.66. The van der Waals surface area contributed by atoms with Crippen molar-refractivity contribution in [3.8, 4) is 16.9 Å². The first-order valence-corrected chi connectivity index (χ1v) is 13.7. The normalized spacial score (nSPS) is 16.8. The standard InChI is InChI=1S/C30H33ClN4O5/c1-18(29(37)34-27(17-36)20-4-3-5-23(12-20)39-2)35-16-21-7-6-19(13-25(21)30(35)38)24-14-28(32-15-26(24)31)33-22-8-10-40-11-9-22/h3-7,12-15,18,22,27,36H,8-11,16-17H2,1-2H3,(H,32,33)(H,34,37)/t18-,27-/m1/s1. The van der Waals surface area contributed by atoms with Crippen molar-refractivity contribution in [2.24, 2.45) is 0 Å². The number of methoxy groups -OCH3 is 1. The number of aromatic nitrogens is 1. The maximum atomic E-state index is 13.5. The number of aliphatic hydroxyl groups excluding tert-OH is 1. The van der Waals surface area contributed by atoms with Gasteiger partial charge in [0.1, 0.15) is 17.6 Å².